The van der Waals surface area contributed by atoms with E-state index in [0.29, 0.717) is 10.7 Å². The summed E-state index contributed by atoms with van der Waals surface area (Å²) < 4.78 is 0. The summed E-state index contributed by atoms with van der Waals surface area (Å²) in [5.41, 5.74) is 0.667. The third-order valence-electron chi connectivity index (χ3n) is 3.83. The molecule has 1 aliphatic heterocycles. The molecule has 1 aromatic carbocycles. The lowest BCUT2D eigenvalue weighted by atomic mass is 10.2. The highest BCUT2D eigenvalue weighted by molar-refractivity contribution is 8.01. The number of hydrogen-bond acceptors (Lipinski definition) is 4. The topological polar surface area (TPSA) is 87.3 Å². The second kappa shape index (κ2) is 9.10. The molecule has 0 aromatic heterocycles. The number of halogens is 1. The van der Waals surface area contributed by atoms with Crippen molar-refractivity contribution in [1.82, 2.24) is 10.6 Å². The van der Waals surface area contributed by atoms with Gasteiger partial charge in [0.05, 0.1) is 10.9 Å². The summed E-state index contributed by atoms with van der Waals surface area (Å²) in [6, 6.07) is 5.39. The highest BCUT2D eigenvalue weighted by atomic mass is 35.5. The number of fused-ring (bicyclic) bond motifs is 1. The largest absolute Gasteiger partial charge is 0.356 e. The van der Waals surface area contributed by atoms with Crippen LogP contribution in [-0.4, -0.2) is 35.6 Å². The van der Waals surface area contributed by atoms with Gasteiger partial charge in [0, 0.05) is 35.3 Å². The average Bonchev–Trinajstić information content (AvgIpc) is 2.55. The van der Waals surface area contributed by atoms with Crippen LogP contribution < -0.4 is 16.0 Å². The van der Waals surface area contributed by atoms with Crippen LogP contribution in [-0.2, 0) is 14.4 Å². The maximum absolute atomic E-state index is 12.1. The summed E-state index contributed by atoms with van der Waals surface area (Å²) in [7, 11) is 0. The molecule has 0 spiro atoms. The zero-order valence-electron chi connectivity index (χ0n) is 14.2. The fourth-order valence-electron chi connectivity index (χ4n) is 2.26. The molecule has 0 saturated carbocycles. The molecule has 3 N–H and O–H groups in total. The van der Waals surface area contributed by atoms with E-state index in [2.05, 4.69) is 16.0 Å². The predicted molar refractivity (Wildman–Crippen MR) is 99.9 cm³/mol. The quantitative estimate of drug-likeness (QED) is 0.675. The number of benzene rings is 1. The summed E-state index contributed by atoms with van der Waals surface area (Å²) in [6.45, 7) is 4.18. The van der Waals surface area contributed by atoms with Crippen LogP contribution in [0, 0.1) is 0 Å². The Kier molecular flexibility index (Phi) is 7.13. The Morgan fingerprint density at radius 2 is 2.12 bits per heavy atom. The molecule has 1 heterocycles. The smallest absolute Gasteiger partial charge is 0.238 e. The van der Waals surface area contributed by atoms with Crippen molar-refractivity contribution in [2.24, 2.45) is 0 Å². The minimum atomic E-state index is -0.498. The van der Waals surface area contributed by atoms with Crippen molar-refractivity contribution in [3.05, 3.63) is 23.2 Å². The number of carbonyl (C=O) groups excluding carboxylic acids is 3. The lowest BCUT2D eigenvalue weighted by Crippen LogP contribution is -2.37. The molecule has 0 saturated heterocycles. The molecule has 2 atom stereocenters. The average molecular weight is 384 g/mol. The van der Waals surface area contributed by atoms with Crippen molar-refractivity contribution in [3.8, 4) is 0 Å². The van der Waals surface area contributed by atoms with Crippen LogP contribution in [0.5, 0.6) is 0 Å². The number of anilines is 1. The van der Waals surface area contributed by atoms with Crippen LogP contribution in [0.15, 0.2) is 23.1 Å². The summed E-state index contributed by atoms with van der Waals surface area (Å²) >= 11 is 7.25. The summed E-state index contributed by atoms with van der Waals surface area (Å²) in [4.78, 5) is 36.7. The van der Waals surface area contributed by atoms with Gasteiger partial charge in [-0.3, -0.25) is 14.4 Å². The van der Waals surface area contributed by atoms with Crippen molar-refractivity contribution >= 4 is 46.8 Å². The number of thioether (sulfide) groups is 1. The Bertz CT molecular complexity index is 669. The molecule has 1 aliphatic rings. The minimum Gasteiger partial charge on any atom is -0.356 e. The molecular weight excluding hydrogens is 362 g/mol. The zero-order valence-corrected chi connectivity index (χ0v) is 15.8. The van der Waals surface area contributed by atoms with Crippen LogP contribution in [0.25, 0.3) is 0 Å². The number of nitrogens with one attached hydrogen (secondary N) is 3. The first kappa shape index (κ1) is 19.6. The fourth-order valence-corrected chi connectivity index (χ4v) is 3.52. The molecule has 8 heteroatoms. The minimum absolute atomic E-state index is 0.0611. The molecule has 3 amide bonds. The lowest BCUT2D eigenvalue weighted by molar-refractivity contribution is -0.124. The van der Waals surface area contributed by atoms with E-state index in [4.69, 9.17) is 11.6 Å². The third-order valence-corrected chi connectivity index (χ3v) is 5.34. The second-order valence-corrected chi connectivity index (χ2v) is 7.60. The molecule has 1 aromatic rings. The maximum Gasteiger partial charge on any atom is 0.238 e. The van der Waals surface area contributed by atoms with Crippen LogP contribution in [0.4, 0.5) is 5.69 Å². The van der Waals surface area contributed by atoms with Gasteiger partial charge in [-0.15, -0.1) is 11.8 Å². The van der Waals surface area contributed by atoms with Crippen LogP contribution in [0.2, 0.25) is 5.02 Å². The fraction of sp³-hybridized carbons (Fsp3) is 0.471. The monoisotopic (exact) mass is 383 g/mol. The molecule has 6 nitrogen and oxygen atoms in total. The van der Waals surface area contributed by atoms with E-state index in [-0.39, 0.29) is 43.1 Å². The Morgan fingerprint density at radius 1 is 1.36 bits per heavy atom. The molecular formula is C17H22ClN3O3S. The first-order valence-corrected chi connectivity index (χ1v) is 9.48. The Hall–Kier alpha value is -1.73. The van der Waals surface area contributed by atoms with Crippen molar-refractivity contribution in [2.45, 2.75) is 49.3 Å². The highest BCUT2D eigenvalue weighted by Gasteiger charge is 2.29. The maximum atomic E-state index is 12.1. The van der Waals surface area contributed by atoms with Crippen molar-refractivity contribution in [2.75, 3.05) is 11.9 Å². The predicted octanol–water partition coefficient (Wildman–Crippen LogP) is 2.56. The van der Waals surface area contributed by atoms with E-state index >= 15 is 0 Å². The third kappa shape index (κ3) is 5.93. The van der Waals surface area contributed by atoms with Gasteiger partial charge < -0.3 is 16.0 Å². The van der Waals surface area contributed by atoms with Gasteiger partial charge in [-0.25, -0.2) is 0 Å². The Labute approximate surface area is 156 Å². The van der Waals surface area contributed by atoms with E-state index < -0.39 is 5.25 Å². The lowest BCUT2D eigenvalue weighted by Gasteiger charge is -2.23. The van der Waals surface area contributed by atoms with E-state index in [1.54, 1.807) is 12.1 Å². The standard InChI is InChI=1S/C17H22ClN3O3S/c1-3-10(2)20-15(22)6-7-19-16(23)9-14-17(24)21-12-8-11(18)4-5-13(12)25-14/h4-5,8,10,14H,3,6-7,9H2,1-2H3,(H,19,23)(H,20,22)(H,21,24). The first-order valence-electron chi connectivity index (χ1n) is 8.22. The van der Waals surface area contributed by atoms with E-state index in [0.717, 1.165) is 11.3 Å². The second-order valence-electron chi connectivity index (χ2n) is 5.92. The van der Waals surface area contributed by atoms with Crippen molar-refractivity contribution in [3.63, 3.8) is 0 Å². The summed E-state index contributed by atoms with van der Waals surface area (Å²) in [5.74, 6) is -0.559. The molecule has 0 radical (unpaired) electrons. The van der Waals surface area contributed by atoms with Gasteiger partial charge in [0.25, 0.3) is 0 Å². The van der Waals surface area contributed by atoms with E-state index in [1.165, 1.54) is 11.8 Å². The van der Waals surface area contributed by atoms with Gasteiger partial charge in [0.15, 0.2) is 0 Å². The van der Waals surface area contributed by atoms with Crippen molar-refractivity contribution < 1.29 is 14.4 Å². The molecule has 136 valence electrons. The summed E-state index contributed by atoms with van der Waals surface area (Å²) in [6.07, 6.45) is 1.14. The van der Waals surface area contributed by atoms with Crippen LogP contribution >= 0.6 is 23.4 Å². The Balaban J connectivity index is 1.78. The van der Waals surface area contributed by atoms with Gasteiger partial charge in [-0.05, 0) is 31.5 Å². The summed E-state index contributed by atoms with van der Waals surface area (Å²) in [5, 5.41) is 8.35. The van der Waals surface area contributed by atoms with Gasteiger partial charge in [0.1, 0.15) is 0 Å². The number of carbonyl (C=O) groups is 3. The van der Waals surface area contributed by atoms with Gasteiger partial charge in [-0.2, -0.15) is 0 Å². The Morgan fingerprint density at radius 3 is 2.84 bits per heavy atom. The van der Waals surface area contributed by atoms with Gasteiger partial charge in [0.2, 0.25) is 17.7 Å². The number of rotatable bonds is 7. The first-order chi connectivity index (χ1) is 11.9. The van der Waals surface area contributed by atoms with Crippen LogP contribution in [0.1, 0.15) is 33.1 Å². The number of amides is 3. The molecule has 2 unspecified atom stereocenters. The number of hydrogen-bond donors (Lipinski definition) is 3. The van der Waals surface area contributed by atoms with Crippen LogP contribution in [0.3, 0.4) is 0 Å². The van der Waals surface area contributed by atoms with Gasteiger partial charge in [-0.1, -0.05) is 18.5 Å². The molecule has 0 aliphatic carbocycles. The van der Waals surface area contributed by atoms with E-state index in [9.17, 15) is 14.4 Å². The normalized spacial score (nSPS) is 17.2. The highest BCUT2D eigenvalue weighted by Crippen LogP contribution is 2.38. The van der Waals surface area contributed by atoms with E-state index in [1.807, 2.05) is 19.9 Å². The molecule has 2 rings (SSSR count). The molecule has 0 bridgehead atoms. The molecule has 25 heavy (non-hydrogen) atoms. The van der Waals surface area contributed by atoms with Gasteiger partial charge >= 0.3 is 0 Å². The SMILES string of the molecule is CCC(C)NC(=O)CCNC(=O)CC1Sc2ccc(Cl)cc2NC1=O. The van der Waals surface area contributed by atoms with Crippen molar-refractivity contribution in [1.29, 1.82) is 0 Å². The molecule has 0 fully saturated rings. The zero-order chi connectivity index (χ0) is 18.4.